The molecule has 6 heteroatoms. The number of amides is 1. The van der Waals surface area contributed by atoms with Gasteiger partial charge in [0, 0.05) is 18.1 Å². The maximum Gasteiger partial charge on any atom is 0.228 e. The number of hydrogen-bond acceptors (Lipinski definition) is 3. The Balaban J connectivity index is 1.75. The Labute approximate surface area is 145 Å². The molecule has 1 N–H and O–H groups in total. The molecule has 0 unspecified atom stereocenters. The van der Waals surface area contributed by atoms with Gasteiger partial charge in [0.15, 0.2) is 0 Å². The second-order valence-electron chi connectivity index (χ2n) is 5.62. The fourth-order valence-corrected chi connectivity index (χ4v) is 2.89. The summed E-state index contributed by atoms with van der Waals surface area (Å²) in [7, 11) is 0. The van der Waals surface area contributed by atoms with Crippen LogP contribution in [0.1, 0.15) is 5.56 Å². The van der Waals surface area contributed by atoms with Crippen molar-refractivity contribution in [3.63, 3.8) is 0 Å². The van der Waals surface area contributed by atoms with Crippen LogP contribution in [0.25, 0.3) is 0 Å². The van der Waals surface area contributed by atoms with Crippen molar-refractivity contribution in [3.8, 4) is 0 Å². The van der Waals surface area contributed by atoms with Crippen molar-refractivity contribution >= 4 is 28.9 Å². The molecule has 1 amide bonds. The molecule has 4 nitrogen and oxygen atoms in total. The van der Waals surface area contributed by atoms with Crippen LogP contribution in [0.5, 0.6) is 0 Å². The molecule has 1 saturated heterocycles. The highest BCUT2D eigenvalue weighted by atomic mass is 35.5. The van der Waals surface area contributed by atoms with Gasteiger partial charge in [-0.15, -0.1) is 0 Å². The van der Waals surface area contributed by atoms with Gasteiger partial charge in [0.25, 0.3) is 0 Å². The minimum absolute atomic E-state index is 0.104. The number of ether oxygens (including phenoxy) is 1. The van der Waals surface area contributed by atoms with Crippen molar-refractivity contribution < 1.29 is 13.9 Å². The number of halogens is 2. The van der Waals surface area contributed by atoms with E-state index in [-0.39, 0.29) is 18.1 Å². The molecule has 24 heavy (non-hydrogen) atoms. The fraction of sp³-hybridized carbons (Fsp3) is 0.278. The number of carbonyl (C=O) groups is 1. The molecule has 126 valence electrons. The predicted octanol–water partition coefficient (Wildman–Crippen LogP) is 3.50. The van der Waals surface area contributed by atoms with Gasteiger partial charge >= 0.3 is 0 Å². The molecule has 1 heterocycles. The molecule has 3 rings (SSSR count). The fourth-order valence-electron chi connectivity index (χ4n) is 2.72. The van der Waals surface area contributed by atoms with Crippen LogP contribution < -0.4 is 10.2 Å². The summed E-state index contributed by atoms with van der Waals surface area (Å²) < 4.78 is 18.6. The van der Waals surface area contributed by atoms with E-state index in [4.69, 9.17) is 16.3 Å². The molecule has 0 saturated carbocycles. The first kappa shape index (κ1) is 16.7. The van der Waals surface area contributed by atoms with E-state index < -0.39 is 0 Å². The first-order valence-corrected chi connectivity index (χ1v) is 8.16. The lowest BCUT2D eigenvalue weighted by atomic mass is 10.1. The Morgan fingerprint density at radius 2 is 2.00 bits per heavy atom. The third-order valence-electron chi connectivity index (χ3n) is 3.84. The Morgan fingerprint density at radius 3 is 2.75 bits per heavy atom. The van der Waals surface area contributed by atoms with E-state index in [1.165, 1.54) is 12.1 Å². The maximum atomic E-state index is 13.2. The van der Waals surface area contributed by atoms with Gasteiger partial charge in [0.2, 0.25) is 5.91 Å². The van der Waals surface area contributed by atoms with Crippen molar-refractivity contribution in [2.24, 2.45) is 0 Å². The summed E-state index contributed by atoms with van der Waals surface area (Å²) in [5.41, 5.74) is 2.20. The standard InChI is InChI=1S/C18H18ClFN2O2/c19-14-4-5-17(22-6-8-24-9-7-22)16(12-14)21-18(23)11-13-2-1-3-15(20)10-13/h1-5,10,12H,6-9,11H2,(H,21,23). The Hall–Kier alpha value is -2.11. The number of nitrogens with zero attached hydrogens (tertiary/aromatic N) is 1. The van der Waals surface area contributed by atoms with E-state index in [0.717, 1.165) is 18.8 Å². The van der Waals surface area contributed by atoms with Gasteiger partial charge in [0.05, 0.1) is 31.0 Å². The van der Waals surface area contributed by atoms with Gasteiger partial charge in [0.1, 0.15) is 5.82 Å². The lowest BCUT2D eigenvalue weighted by Gasteiger charge is -2.30. The number of morpholine rings is 1. The first-order valence-electron chi connectivity index (χ1n) is 7.78. The van der Waals surface area contributed by atoms with Crippen LogP contribution in [0.2, 0.25) is 5.02 Å². The van der Waals surface area contributed by atoms with Crippen LogP contribution in [-0.2, 0) is 16.0 Å². The molecule has 0 atom stereocenters. The van der Waals surface area contributed by atoms with Gasteiger partial charge in [-0.3, -0.25) is 4.79 Å². The van der Waals surface area contributed by atoms with E-state index >= 15 is 0 Å². The highest BCUT2D eigenvalue weighted by Crippen LogP contribution is 2.30. The largest absolute Gasteiger partial charge is 0.378 e. The van der Waals surface area contributed by atoms with Gasteiger partial charge in [-0.1, -0.05) is 23.7 Å². The average Bonchev–Trinajstić information content (AvgIpc) is 2.55. The molecule has 0 spiro atoms. The highest BCUT2D eigenvalue weighted by Gasteiger charge is 2.16. The minimum atomic E-state index is -0.350. The molecule has 1 fully saturated rings. The second kappa shape index (κ2) is 7.64. The summed E-state index contributed by atoms with van der Waals surface area (Å²) >= 11 is 6.08. The molecule has 0 aliphatic carbocycles. The van der Waals surface area contributed by atoms with Crippen molar-refractivity contribution in [2.45, 2.75) is 6.42 Å². The van der Waals surface area contributed by atoms with E-state index in [1.807, 2.05) is 6.07 Å². The van der Waals surface area contributed by atoms with E-state index in [2.05, 4.69) is 10.2 Å². The summed E-state index contributed by atoms with van der Waals surface area (Å²) in [6, 6.07) is 11.5. The van der Waals surface area contributed by atoms with E-state index in [9.17, 15) is 9.18 Å². The summed E-state index contributed by atoms with van der Waals surface area (Å²) in [6.45, 7) is 2.82. The van der Waals surface area contributed by atoms with Crippen LogP contribution in [0, 0.1) is 5.82 Å². The van der Waals surface area contributed by atoms with Crippen molar-refractivity contribution in [2.75, 3.05) is 36.5 Å². The average molecular weight is 349 g/mol. The summed E-state index contributed by atoms with van der Waals surface area (Å²) in [4.78, 5) is 14.5. The van der Waals surface area contributed by atoms with E-state index in [1.54, 1.807) is 24.3 Å². The van der Waals surface area contributed by atoms with Crippen LogP contribution in [0.4, 0.5) is 15.8 Å². The van der Waals surface area contributed by atoms with Crippen LogP contribution in [0.15, 0.2) is 42.5 Å². The molecule has 1 aliphatic rings. The minimum Gasteiger partial charge on any atom is -0.378 e. The Morgan fingerprint density at radius 1 is 1.21 bits per heavy atom. The number of benzene rings is 2. The lowest BCUT2D eigenvalue weighted by Crippen LogP contribution is -2.36. The number of hydrogen-bond donors (Lipinski definition) is 1. The topological polar surface area (TPSA) is 41.6 Å². The smallest absolute Gasteiger partial charge is 0.228 e. The Bertz CT molecular complexity index is 733. The first-order chi connectivity index (χ1) is 11.6. The second-order valence-corrected chi connectivity index (χ2v) is 6.05. The van der Waals surface area contributed by atoms with Gasteiger partial charge in [-0.25, -0.2) is 4.39 Å². The van der Waals surface area contributed by atoms with Crippen molar-refractivity contribution in [3.05, 3.63) is 58.9 Å². The summed E-state index contributed by atoms with van der Waals surface area (Å²) in [5, 5.41) is 3.44. The molecule has 0 aromatic heterocycles. The number of rotatable bonds is 4. The zero-order valence-electron chi connectivity index (χ0n) is 13.1. The molecular formula is C18H18ClFN2O2. The highest BCUT2D eigenvalue weighted by molar-refractivity contribution is 6.31. The normalized spacial score (nSPS) is 14.5. The van der Waals surface area contributed by atoms with E-state index in [0.29, 0.717) is 29.5 Å². The number of carbonyl (C=O) groups excluding carboxylic acids is 1. The molecule has 2 aromatic rings. The lowest BCUT2D eigenvalue weighted by molar-refractivity contribution is -0.115. The number of nitrogens with one attached hydrogen (secondary N) is 1. The molecule has 0 bridgehead atoms. The zero-order chi connectivity index (χ0) is 16.9. The van der Waals surface area contributed by atoms with Gasteiger partial charge < -0.3 is 15.0 Å². The molecule has 2 aromatic carbocycles. The zero-order valence-corrected chi connectivity index (χ0v) is 13.9. The third-order valence-corrected chi connectivity index (χ3v) is 4.07. The van der Waals surface area contributed by atoms with Crippen molar-refractivity contribution in [1.82, 2.24) is 0 Å². The number of anilines is 2. The molecule has 1 aliphatic heterocycles. The molecular weight excluding hydrogens is 331 g/mol. The van der Waals surface area contributed by atoms with Crippen LogP contribution in [-0.4, -0.2) is 32.2 Å². The monoisotopic (exact) mass is 348 g/mol. The summed E-state index contributed by atoms with van der Waals surface area (Å²) in [5.74, 6) is -0.561. The third kappa shape index (κ3) is 4.24. The van der Waals surface area contributed by atoms with Crippen LogP contribution in [0.3, 0.4) is 0 Å². The molecule has 0 radical (unpaired) electrons. The van der Waals surface area contributed by atoms with Crippen molar-refractivity contribution in [1.29, 1.82) is 0 Å². The van der Waals surface area contributed by atoms with Gasteiger partial charge in [-0.05, 0) is 35.9 Å². The SMILES string of the molecule is O=C(Cc1cccc(F)c1)Nc1cc(Cl)ccc1N1CCOCC1. The quantitative estimate of drug-likeness (QED) is 0.919. The van der Waals surface area contributed by atoms with Crippen LogP contribution >= 0.6 is 11.6 Å². The Kier molecular flexibility index (Phi) is 5.33. The predicted molar refractivity (Wildman–Crippen MR) is 93.2 cm³/mol. The summed E-state index contributed by atoms with van der Waals surface area (Å²) in [6.07, 6.45) is 0.104. The van der Waals surface area contributed by atoms with Gasteiger partial charge in [-0.2, -0.15) is 0 Å². The maximum absolute atomic E-state index is 13.2.